The monoisotopic (exact) mass is 288 g/mol. The van der Waals surface area contributed by atoms with Gasteiger partial charge in [-0.15, -0.1) is 0 Å². The molecule has 0 aliphatic rings. The van der Waals surface area contributed by atoms with E-state index < -0.39 is 5.54 Å². The number of nitrogens with zero attached hydrogens (tertiary/aromatic N) is 1. The van der Waals surface area contributed by atoms with Crippen molar-refractivity contribution >= 4 is 0 Å². The molecule has 0 aliphatic heterocycles. The van der Waals surface area contributed by atoms with Crippen LogP contribution in [0.3, 0.4) is 0 Å². The summed E-state index contributed by atoms with van der Waals surface area (Å²) in [5.41, 5.74) is 3.26. The van der Waals surface area contributed by atoms with Gasteiger partial charge in [0.25, 0.3) is 0 Å². The highest BCUT2D eigenvalue weighted by Crippen LogP contribution is 2.26. The molecule has 0 radical (unpaired) electrons. The molecule has 21 heavy (non-hydrogen) atoms. The first-order valence-corrected chi connectivity index (χ1v) is 7.79. The Kier molecular flexibility index (Phi) is 6.71. The molecule has 3 nitrogen and oxygen atoms in total. The Morgan fingerprint density at radius 1 is 1.19 bits per heavy atom. The molecule has 1 aromatic rings. The third-order valence-corrected chi connectivity index (χ3v) is 4.00. The van der Waals surface area contributed by atoms with Crippen molar-refractivity contribution in [3.05, 3.63) is 28.8 Å². The zero-order chi connectivity index (χ0) is 15.9. The lowest BCUT2D eigenvalue weighted by atomic mass is 9.96. The lowest BCUT2D eigenvalue weighted by Crippen LogP contribution is -2.40. The van der Waals surface area contributed by atoms with E-state index in [4.69, 9.17) is 4.74 Å². The van der Waals surface area contributed by atoms with Crippen molar-refractivity contribution < 1.29 is 4.74 Å². The Labute approximate surface area is 129 Å². The van der Waals surface area contributed by atoms with Crippen LogP contribution in [0.4, 0.5) is 0 Å². The van der Waals surface area contributed by atoms with Crippen LogP contribution in [0, 0.1) is 32.1 Å². The minimum atomic E-state index is -0.413. The van der Waals surface area contributed by atoms with Crippen LogP contribution in [0.1, 0.15) is 49.8 Å². The predicted molar refractivity (Wildman–Crippen MR) is 87.7 cm³/mol. The van der Waals surface area contributed by atoms with Crippen molar-refractivity contribution in [3.8, 4) is 11.8 Å². The maximum Gasteiger partial charge on any atom is 0.125 e. The highest BCUT2D eigenvalue weighted by atomic mass is 16.5. The summed E-state index contributed by atoms with van der Waals surface area (Å²) in [6.07, 6.45) is 2.81. The SMILES string of the molecule is CCNC(C)(C#N)CCCCOc1c(C)ccc(C)c1C. The standard InChI is InChI=1S/C18H28N2O/c1-6-20-18(5,13-19)11-7-8-12-21-17-15(3)10-9-14(2)16(17)4/h9-10,20H,6-8,11-12H2,1-5H3. The van der Waals surface area contributed by atoms with Gasteiger partial charge in [-0.25, -0.2) is 0 Å². The zero-order valence-corrected chi connectivity index (χ0v) is 14.0. The molecule has 0 heterocycles. The summed E-state index contributed by atoms with van der Waals surface area (Å²) >= 11 is 0. The highest BCUT2D eigenvalue weighted by molar-refractivity contribution is 5.44. The van der Waals surface area contributed by atoms with E-state index in [1.165, 1.54) is 16.7 Å². The Hall–Kier alpha value is -1.53. The van der Waals surface area contributed by atoms with Crippen LogP contribution in [0.25, 0.3) is 0 Å². The Morgan fingerprint density at radius 2 is 1.86 bits per heavy atom. The Balaban J connectivity index is 2.42. The van der Waals surface area contributed by atoms with Crippen LogP contribution in [0.2, 0.25) is 0 Å². The molecular weight excluding hydrogens is 260 g/mol. The fourth-order valence-corrected chi connectivity index (χ4v) is 2.48. The number of hydrogen-bond donors (Lipinski definition) is 1. The molecule has 1 unspecified atom stereocenters. The molecule has 0 spiro atoms. The van der Waals surface area contributed by atoms with E-state index in [-0.39, 0.29) is 0 Å². The Bertz CT molecular complexity index is 505. The fraction of sp³-hybridized carbons (Fsp3) is 0.611. The first-order valence-electron chi connectivity index (χ1n) is 7.79. The molecule has 0 aromatic heterocycles. The van der Waals surface area contributed by atoms with Crippen LogP contribution < -0.4 is 10.1 Å². The van der Waals surface area contributed by atoms with Crippen LogP contribution >= 0.6 is 0 Å². The topological polar surface area (TPSA) is 45.0 Å². The molecule has 0 saturated carbocycles. The van der Waals surface area contributed by atoms with Gasteiger partial charge < -0.3 is 4.74 Å². The second kappa shape index (κ2) is 8.05. The Morgan fingerprint density at radius 3 is 2.48 bits per heavy atom. The van der Waals surface area contributed by atoms with Gasteiger partial charge in [0.15, 0.2) is 0 Å². The van der Waals surface area contributed by atoms with Gasteiger partial charge in [0.1, 0.15) is 11.3 Å². The molecule has 1 atom stereocenters. The van der Waals surface area contributed by atoms with Crippen molar-refractivity contribution in [2.24, 2.45) is 0 Å². The van der Waals surface area contributed by atoms with Gasteiger partial charge in [-0.1, -0.05) is 19.1 Å². The number of nitrogens with one attached hydrogen (secondary N) is 1. The minimum absolute atomic E-state index is 0.413. The molecule has 1 aromatic carbocycles. The summed E-state index contributed by atoms with van der Waals surface area (Å²) in [7, 11) is 0. The second-order valence-corrected chi connectivity index (χ2v) is 5.93. The number of unbranched alkanes of at least 4 members (excludes halogenated alkanes) is 1. The molecule has 1 N–H and O–H groups in total. The van der Waals surface area contributed by atoms with E-state index in [0.29, 0.717) is 6.61 Å². The molecule has 0 amide bonds. The molecule has 1 rings (SSSR count). The molecule has 0 aliphatic carbocycles. The summed E-state index contributed by atoms with van der Waals surface area (Å²) < 4.78 is 5.95. The third kappa shape index (κ3) is 5.06. The van der Waals surface area contributed by atoms with E-state index in [9.17, 15) is 5.26 Å². The molecule has 0 saturated heterocycles. The zero-order valence-electron chi connectivity index (χ0n) is 14.0. The quantitative estimate of drug-likeness (QED) is 0.734. The number of nitriles is 1. The lowest BCUT2D eigenvalue weighted by Gasteiger charge is -2.22. The third-order valence-electron chi connectivity index (χ3n) is 4.00. The average molecular weight is 288 g/mol. The van der Waals surface area contributed by atoms with E-state index in [2.05, 4.69) is 44.3 Å². The van der Waals surface area contributed by atoms with Gasteiger partial charge in [-0.3, -0.25) is 5.32 Å². The molecule has 0 fully saturated rings. The summed E-state index contributed by atoms with van der Waals surface area (Å²) in [5, 5.41) is 12.5. The normalized spacial score (nSPS) is 13.5. The summed E-state index contributed by atoms with van der Waals surface area (Å²) in [4.78, 5) is 0. The smallest absolute Gasteiger partial charge is 0.125 e. The van der Waals surface area contributed by atoms with E-state index in [0.717, 1.165) is 31.6 Å². The maximum absolute atomic E-state index is 9.21. The minimum Gasteiger partial charge on any atom is -0.493 e. The molecule has 116 valence electrons. The first-order chi connectivity index (χ1) is 9.93. The number of benzene rings is 1. The second-order valence-electron chi connectivity index (χ2n) is 5.93. The van der Waals surface area contributed by atoms with Crippen molar-refractivity contribution in [2.75, 3.05) is 13.2 Å². The number of rotatable bonds is 8. The van der Waals surface area contributed by atoms with Crippen molar-refractivity contribution in [1.82, 2.24) is 5.32 Å². The number of aryl methyl sites for hydroxylation is 2. The highest BCUT2D eigenvalue weighted by Gasteiger charge is 2.21. The summed E-state index contributed by atoms with van der Waals surface area (Å²) in [6, 6.07) is 6.60. The largest absolute Gasteiger partial charge is 0.493 e. The van der Waals surface area contributed by atoms with E-state index in [1.807, 2.05) is 13.8 Å². The van der Waals surface area contributed by atoms with Crippen molar-refractivity contribution in [1.29, 1.82) is 5.26 Å². The van der Waals surface area contributed by atoms with Crippen LogP contribution in [0.15, 0.2) is 12.1 Å². The molecular formula is C18H28N2O. The summed E-state index contributed by atoms with van der Waals surface area (Å²) in [5.74, 6) is 1.02. The summed E-state index contributed by atoms with van der Waals surface area (Å²) in [6.45, 7) is 11.8. The van der Waals surface area contributed by atoms with Crippen molar-refractivity contribution in [3.63, 3.8) is 0 Å². The van der Waals surface area contributed by atoms with Gasteiger partial charge in [0, 0.05) is 0 Å². The van der Waals surface area contributed by atoms with Crippen LogP contribution in [0.5, 0.6) is 5.75 Å². The van der Waals surface area contributed by atoms with Gasteiger partial charge in [0.2, 0.25) is 0 Å². The van der Waals surface area contributed by atoms with Gasteiger partial charge >= 0.3 is 0 Å². The van der Waals surface area contributed by atoms with Gasteiger partial charge in [0.05, 0.1) is 12.7 Å². The fourth-order valence-electron chi connectivity index (χ4n) is 2.48. The number of hydrogen-bond acceptors (Lipinski definition) is 3. The van der Waals surface area contributed by atoms with Crippen LogP contribution in [-0.2, 0) is 0 Å². The maximum atomic E-state index is 9.21. The predicted octanol–water partition coefficient (Wildman–Crippen LogP) is 4.05. The van der Waals surface area contributed by atoms with Gasteiger partial charge in [-0.2, -0.15) is 5.26 Å². The lowest BCUT2D eigenvalue weighted by molar-refractivity contribution is 0.292. The first kappa shape index (κ1) is 17.5. The van der Waals surface area contributed by atoms with Crippen molar-refractivity contribution in [2.45, 2.75) is 59.4 Å². The van der Waals surface area contributed by atoms with Crippen LogP contribution in [-0.4, -0.2) is 18.7 Å². The van der Waals surface area contributed by atoms with Gasteiger partial charge in [-0.05, 0) is 70.2 Å². The van der Waals surface area contributed by atoms with E-state index in [1.54, 1.807) is 0 Å². The molecule has 3 heteroatoms. The molecule has 0 bridgehead atoms. The average Bonchev–Trinajstić information content (AvgIpc) is 2.46. The number of ether oxygens (including phenoxy) is 1. The van der Waals surface area contributed by atoms with E-state index >= 15 is 0 Å².